The van der Waals surface area contributed by atoms with Crippen LogP contribution in [0, 0.1) is 0 Å². The summed E-state index contributed by atoms with van der Waals surface area (Å²) in [5.41, 5.74) is 1.85. The van der Waals surface area contributed by atoms with Crippen molar-refractivity contribution in [3.8, 4) is 5.75 Å². The molecule has 1 aromatic carbocycles. The first-order valence-electron chi connectivity index (χ1n) is 8.11. The smallest absolute Gasteiger partial charge is 0.343 e. The third-order valence-corrected chi connectivity index (χ3v) is 4.63. The third-order valence-electron chi connectivity index (χ3n) is 4.63. The van der Waals surface area contributed by atoms with Gasteiger partial charge in [0.2, 0.25) is 0 Å². The standard InChI is InChI=1S/C19H22O3/c1-13(14-9-5-4-6-10-14)17-18(20)15-11-7-2-3-8-12-16(15)22-19(17)21/h4-6,9-10,13,20H,2-3,7-8,11-12H2,1H3. The van der Waals surface area contributed by atoms with Crippen molar-refractivity contribution < 1.29 is 9.52 Å². The molecule has 3 heteroatoms. The Balaban J connectivity index is 2.08. The van der Waals surface area contributed by atoms with E-state index in [1.807, 2.05) is 37.3 Å². The summed E-state index contributed by atoms with van der Waals surface area (Å²) in [7, 11) is 0. The molecule has 0 amide bonds. The molecule has 22 heavy (non-hydrogen) atoms. The number of hydrogen-bond acceptors (Lipinski definition) is 3. The van der Waals surface area contributed by atoms with Crippen LogP contribution in [-0.2, 0) is 12.8 Å². The van der Waals surface area contributed by atoms with Crippen molar-refractivity contribution in [2.45, 2.75) is 51.4 Å². The molecule has 1 heterocycles. The monoisotopic (exact) mass is 298 g/mol. The van der Waals surface area contributed by atoms with E-state index < -0.39 is 5.63 Å². The highest BCUT2D eigenvalue weighted by Gasteiger charge is 2.24. The van der Waals surface area contributed by atoms with Gasteiger partial charge in [-0.1, -0.05) is 50.1 Å². The summed E-state index contributed by atoms with van der Waals surface area (Å²) in [5.74, 6) is 0.670. The Hall–Kier alpha value is -2.03. The Morgan fingerprint density at radius 3 is 2.45 bits per heavy atom. The molecule has 3 rings (SSSR count). The number of aryl methyl sites for hydroxylation is 1. The minimum absolute atomic E-state index is 0.157. The summed E-state index contributed by atoms with van der Waals surface area (Å²) in [6, 6.07) is 9.77. The zero-order valence-corrected chi connectivity index (χ0v) is 13.0. The van der Waals surface area contributed by atoms with Crippen LogP contribution < -0.4 is 5.63 Å². The first-order valence-corrected chi connectivity index (χ1v) is 8.11. The van der Waals surface area contributed by atoms with E-state index >= 15 is 0 Å². The molecule has 1 atom stereocenters. The molecule has 1 aromatic heterocycles. The van der Waals surface area contributed by atoms with Crippen LogP contribution in [-0.4, -0.2) is 5.11 Å². The van der Waals surface area contributed by atoms with E-state index in [0.29, 0.717) is 11.3 Å². The zero-order valence-electron chi connectivity index (χ0n) is 13.0. The summed E-state index contributed by atoms with van der Waals surface area (Å²) in [6.45, 7) is 1.94. The van der Waals surface area contributed by atoms with E-state index in [9.17, 15) is 9.90 Å². The average Bonchev–Trinajstić information content (AvgIpc) is 2.50. The van der Waals surface area contributed by atoms with Crippen molar-refractivity contribution in [2.24, 2.45) is 0 Å². The number of benzene rings is 1. The molecule has 0 saturated heterocycles. The van der Waals surface area contributed by atoms with Crippen molar-refractivity contribution in [2.75, 3.05) is 0 Å². The largest absolute Gasteiger partial charge is 0.507 e. The molecule has 1 N–H and O–H groups in total. The zero-order chi connectivity index (χ0) is 15.5. The van der Waals surface area contributed by atoms with Crippen LogP contribution in [0.25, 0.3) is 0 Å². The quantitative estimate of drug-likeness (QED) is 0.906. The Morgan fingerprint density at radius 1 is 1.05 bits per heavy atom. The van der Waals surface area contributed by atoms with Crippen LogP contribution in [0.15, 0.2) is 39.5 Å². The fourth-order valence-corrected chi connectivity index (χ4v) is 3.31. The van der Waals surface area contributed by atoms with Gasteiger partial charge in [0.15, 0.2) is 0 Å². The van der Waals surface area contributed by atoms with Crippen molar-refractivity contribution in [1.82, 2.24) is 0 Å². The maximum Gasteiger partial charge on any atom is 0.343 e. The molecule has 0 aliphatic heterocycles. The fraction of sp³-hybridized carbons (Fsp3) is 0.421. The number of rotatable bonds is 2. The summed E-state index contributed by atoms with van der Waals surface area (Å²) >= 11 is 0. The van der Waals surface area contributed by atoms with Gasteiger partial charge in [-0.25, -0.2) is 4.79 Å². The molecule has 0 bridgehead atoms. The highest BCUT2D eigenvalue weighted by molar-refractivity contribution is 5.45. The first-order chi connectivity index (χ1) is 10.7. The van der Waals surface area contributed by atoms with Crippen LogP contribution in [0.3, 0.4) is 0 Å². The summed E-state index contributed by atoms with van der Waals surface area (Å²) in [5, 5.41) is 10.7. The Labute approximate surface area is 130 Å². The Bertz CT molecular complexity index is 701. The lowest BCUT2D eigenvalue weighted by Gasteiger charge is -2.18. The lowest BCUT2D eigenvalue weighted by atomic mass is 9.90. The van der Waals surface area contributed by atoms with Crippen LogP contribution in [0.1, 0.15) is 61.0 Å². The van der Waals surface area contributed by atoms with Crippen molar-refractivity contribution in [3.63, 3.8) is 0 Å². The maximum atomic E-state index is 12.4. The molecule has 2 aromatic rings. The van der Waals surface area contributed by atoms with Crippen LogP contribution in [0.4, 0.5) is 0 Å². The predicted molar refractivity (Wildman–Crippen MR) is 86.5 cm³/mol. The number of aromatic hydroxyl groups is 1. The van der Waals surface area contributed by atoms with Gasteiger partial charge in [0.25, 0.3) is 0 Å². The van der Waals surface area contributed by atoms with E-state index in [-0.39, 0.29) is 11.7 Å². The number of hydrogen-bond donors (Lipinski definition) is 1. The summed E-state index contributed by atoms with van der Waals surface area (Å²) < 4.78 is 5.57. The molecule has 3 nitrogen and oxygen atoms in total. The van der Waals surface area contributed by atoms with Crippen LogP contribution in [0.5, 0.6) is 5.75 Å². The van der Waals surface area contributed by atoms with Gasteiger partial charge in [0, 0.05) is 17.9 Å². The van der Waals surface area contributed by atoms with Gasteiger partial charge < -0.3 is 9.52 Å². The molecule has 0 saturated carbocycles. The van der Waals surface area contributed by atoms with Crippen molar-refractivity contribution in [1.29, 1.82) is 0 Å². The molecule has 0 radical (unpaired) electrons. The van der Waals surface area contributed by atoms with Gasteiger partial charge in [-0.15, -0.1) is 0 Å². The van der Waals surface area contributed by atoms with Gasteiger partial charge >= 0.3 is 5.63 Å². The third kappa shape index (κ3) is 2.80. The van der Waals surface area contributed by atoms with Crippen molar-refractivity contribution in [3.05, 3.63) is 63.2 Å². The second-order valence-electron chi connectivity index (χ2n) is 6.10. The molecule has 1 aliphatic rings. The summed E-state index contributed by atoms with van der Waals surface area (Å²) in [4.78, 5) is 12.4. The molecular weight excluding hydrogens is 276 g/mol. The second-order valence-corrected chi connectivity index (χ2v) is 6.10. The van der Waals surface area contributed by atoms with Gasteiger partial charge in [-0.3, -0.25) is 0 Å². The summed E-state index contributed by atoms with van der Waals surface area (Å²) in [6.07, 6.45) is 5.92. The molecule has 1 unspecified atom stereocenters. The topological polar surface area (TPSA) is 50.4 Å². The normalized spacial score (nSPS) is 16.4. The highest BCUT2D eigenvalue weighted by Crippen LogP contribution is 2.34. The second kappa shape index (κ2) is 6.39. The minimum atomic E-state index is -0.395. The average molecular weight is 298 g/mol. The van der Waals surface area contributed by atoms with E-state index in [1.54, 1.807) is 0 Å². The van der Waals surface area contributed by atoms with E-state index in [0.717, 1.165) is 43.2 Å². The van der Waals surface area contributed by atoms with Crippen molar-refractivity contribution >= 4 is 0 Å². The molecule has 1 aliphatic carbocycles. The van der Waals surface area contributed by atoms with Gasteiger partial charge in [-0.2, -0.15) is 0 Å². The highest BCUT2D eigenvalue weighted by atomic mass is 16.4. The maximum absolute atomic E-state index is 12.4. The van der Waals surface area contributed by atoms with Crippen LogP contribution in [0.2, 0.25) is 0 Å². The van der Waals surface area contributed by atoms with Gasteiger partial charge in [-0.05, 0) is 24.8 Å². The molecule has 116 valence electrons. The van der Waals surface area contributed by atoms with Crippen LogP contribution >= 0.6 is 0 Å². The molecule has 0 fully saturated rings. The molecule has 0 spiro atoms. The van der Waals surface area contributed by atoms with E-state index in [1.165, 1.54) is 6.42 Å². The Kier molecular flexibility index (Phi) is 4.32. The Morgan fingerprint density at radius 2 is 1.73 bits per heavy atom. The number of fused-ring (bicyclic) bond motifs is 1. The first kappa shape index (κ1) is 14.9. The van der Waals surface area contributed by atoms with E-state index in [4.69, 9.17) is 4.42 Å². The minimum Gasteiger partial charge on any atom is -0.507 e. The lowest BCUT2D eigenvalue weighted by molar-refractivity contribution is 0.386. The molecular formula is C19H22O3. The fourth-order valence-electron chi connectivity index (χ4n) is 3.31. The van der Waals surface area contributed by atoms with Gasteiger partial charge in [0.05, 0.1) is 5.56 Å². The van der Waals surface area contributed by atoms with E-state index in [2.05, 4.69) is 0 Å². The SMILES string of the molecule is CC(c1ccccc1)c1c(O)c2c(oc1=O)CCCCCC2. The van der Waals surface area contributed by atoms with Gasteiger partial charge in [0.1, 0.15) is 11.5 Å². The predicted octanol–water partition coefficient (Wildman–Crippen LogP) is 4.16. The lowest BCUT2D eigenvalue weighted by Crippen LogP contribution is -2.16.